The fourth-order valence-electron chi connectivity index (χ4n) is 2.02. The SMILES string of the molecule is CN(c1ccc(F)cc1)c1c[nH]c2ncccc12. The second kappa shape index (κ2) is 4.14. The van der Waals surface area contributed by atoms with Crippen molar-refractivity contribution in [3.05, 3.63) is 54.6 Å². The Kier molecular flexibility index (Phi) is 2.48. The van der Waals surface area contributed by atoms with Gasteiger partial charge in [-0.05, 0) is 36.4 Å². The highest BCUT2D eigenvalue weighted by molar-refractivity contribution is 5.92. The Balaban J connectivity index is 2.06. The van der Waals surface area contributed by atoms with E-state index in [0.29, 0.717) is 0 Å². The highest BCUT2D eigenvalue weighted by Crippen LogP contribution is 2.29. The summed E-state index contributed by atoms with van der Waals surface area (Å²) in [7, 11) is 1.95. The molecule has 0 amide bonds. The lowest BCUT2D eigenvalue weighted by molar-refractivity contribution is 0.628. The molecular weight excluding hydrogens is 229 g/mol. The van der Waals surface area contributed by atoms with Crippen molar-refractivity contribution >= 4 is 22.4 Å². The van der Waals surface area contributed by atoms with E-state index in [1.54, 1.807) is 18.3 Å². The maximum Gasteiger partial charge on any atom is 0.139 e. The third kappa shape index (κ3) is 1.72. The largest absolute Gasteiger partial charge is 0.344 e. The monoisotopic (exact) mass is 241 g/mol. The number of nitrogens with one attached hydrogen (secondary N) is 1. The molecule has 0 saturated carbocycles. The molecule has 0 radical (unpaired) electrons. The number of hydrogen-bond acceptors (Lipinski definition) is 2. The summed E-state index contributed by atoms with van der Waals surface area (Å²) in [5, 5.41) is 1.05. The van der Waals surface area contributed by atoms with Gasteiger partial charge < -0.3 is 9.88 Å². The molecule has 1 N–H and O–H groups in total. The Labute approximate surface area is 104 Å². The predicted octanol–water partition coefficient (Wildman–Crippen LogP) is 3.47. The summed E-state index contributed by atoms with van der Waals surface area (Å²) in [5.41, 5.74) is 2.80. The van der Waals surface area contributed by atoms with E-state index < -0.39 is 0 Å². The molecule has 0 atom stereocenters. The Morgan fingerprint density at radius 3 is 2.72 bits per heavy atom. The van der Waals surface area contributed by atoms with Crippen LogP contribution in [0.3, 0.4) is 0 Å². The van der Waals surface area contributed by atoms with E-state index in [9.17, 15) is 4.39 Å². The average Bonchev–Trinajstić information content (AvgIpc) is 2.82. The van der Waals surface area contributed by atoms with Gasteiger partial charge in [-0.25, -0.2) is 9.37 Å². The molecule has 0 aliphatic heterocycles. The molecule has 0 aliphatic carbocycles. The maximum absolute atomic E-state index is 12.9. The van der Waals surface area contributed by atoms with Gasteiger partial charge in [0.1, 0.15) is 11.5 Å². The smallest absolute Gasteiger partial charge is 0.139 e. The van der Waals surface area contributed by atoms with Crippen LogP contribution >= 0.6 is 0 Å². The molecular formula is C14H12FN3. The Morgan fingerprint density at radius 1 is 1.17 bits per heavy atom. The summed E-state index contributed by atoms with van der Waals surface area (Å²) < 4.78 is 12.9. The van der Waals surface area contributed by atoms with Gasteiger partial charge in [-0.2, -0.15) is 0 Å². The van der Waals surface area contributed by atoms with Crippen LogP contribution in [0.25, 0.3) is 11.0 Å². The van der Waals surface area contributed by atoms with Crippen molar-refractivity contribution in [2.24, 2.45) is 0 Å². The Morgan fingerprint density at radius 2 is 1.94 bits per heavy atom. The van der Waals surface area contributed by atoms with Gasteiger partial charge in [0.2, 0.25) is 0 Å². The first-order valence-corrected chi connectivity index (χ1v) is 5.67. The molecule has 0 spiro atoms. The summed E-state index contributed by atoms with van der Waals surface area (Å²) in [4.78, 5) is 9.37. The van der Waals surface area contributed by atoms with Gasteiger partial charge in [0.05, 0.1) is 5.69 Å². The number of halogens is 1. The van der Waals surface area contributed by atoms with Crippen molar-refractivity contribution in [2.75, 3.05) is 11.9 Å². The summed E-state index contributed by atoms with van der Waals surface area (Å²) in [6.45, 7) is 0. The van der Waals surface area contributed by atoms with E-state index in [1.165, 1.54) is 12.1 Å². The number of aromatic nitrogens is 2. The predicted molar refractivity (Wildman–Crippen MR) is 70.6 cm³/mol. The van der Waals surface area contributed by atoms with Gasteiger partial charge in [0.15, 0.2) is 0 Å². The van der Waals surface area contributed by atoms with Gasteiger partial charge in [0.25, 0.3) is 0 Å². The minimum absolute atomic E-state index is 0.229. The third-order valence-corrected chi connectivity index (χ3v) is 3.00. The van der Waals surface area contributed by atoms with E-state index in [2.05, 4.69) is 9.97 Å². The molecule has 0 saturated heterocycles. The van der Waals surface area contributed by atoms with Crippen molar-refractivity contribution in [1.29, 1.82) is 0 Å². The summed E-state index contributed by atoms with van der Waals surface area (Å²) in [6, 6.07) is 10.3. The van der Waals surface area contributed by atoms with Gasteiger partial charge in [-0.15, -0.1) is 0 Å². The highest BCUT2D eigenvalue weighted by atomic mass is 19.1. The lowest BCUT2D eigenvalue weighted by atomic mass is 10.2. The molecule has 0 aliphatic rings. The maximum atomic E-state index is 12.9. The van der Waals surface area contributed by atoms with Crippen LogP contribution in [0.4, 0.5) is 15.8 Å². The summed E-state index contributed by atoms with van der Waals surface area (Å²) >= 11 is 0. The molecule has 1 aromatic carbocycles. The number of anilines is 2. The minimum Gasteiger partial charge on any atom is -0.344 e. The Bertz CT molecular complexity index is 673. The van der Waals surface area contributed by atoms with Crippen LogP contribution in [-0.4, -0.2) is 17.0 Å². The molecule has 3 aromatic rings. The number of pyridine rings is 1. The number of aromatic amines is 1. The lowest BCUT2D eigenvalue weighted by Crippen LogP contribution is -2.08. The number of H-pyrrole nitrogens is 1. The van der Waals surface area contributed by atoms with Crippen LogP contribution in [0, 0.1) is 5.82 Å². The molecule has 3 nitrogen and oxygen atoms in total. The Hall–Kier alpha value is -2.36. The van der Waals surface area contributed by atoms with Crippen molar-refractivity contribution in [3.63, 3.8) is 0 Å². The molecule has 0 unspecified atom stereocenters. The first-order valence-electron chi connectivity index (χ1n) is 5.67. The van der Waals surface area contributed by atoms with Crippen molar-refractivity contribution < 1.29 is 4.39 Å². The minimum atomic E-state index is -0.229. The first-order chi connectivity index (χ1) is 8.75. The van der Waals surface area contributed by atoms with Crippen molar-refractivity contribution in [1.82, 2.24) is 9.97 Å². The fraction of sp³-hybridized carbons (Fsp3) is 0.0714. The molecule has 3 rings (SSSR count). The molecule has 0 bridgehead atoms. The van der Waals surface area contributed by atoms with Crippen molar-refractivity contribution in [2.45, 2.75) is 0 Å². The zero-order valence-corrected chi connectivity index (χ0v) is 9.89. The van der Waals surface area contributed by atoms with Gasteiger partial charge >= 0.3 is 0 Å². The van der Waals surface area contributed by atoms with Gasteiger partial charge in [-0.1, -0.05) is 0 Å². The number of rotatable bonds is 2. The highest BCUT2D eigenvalue weighted by Gasteiger charge is 2.10. The number of nitrogens with zero attached hydrogens (tertiary/aromatic N) is 2. The fourth-order valence-corrected chi connectivity index (χ4v) is 2.02. The quantitative estimate of drug-likeness (QED) is 0.745. The molecule has 2 heterocycles. The first kappa shape index (κ1) is 10.8. The van der Waals surface area contributed by atoms with E-state index >= 15 is 0 Å². The van der Waals surface area contributed by atoms with Crippen molar-refractivity contribution in [3.8, 4) is 0 Å². The average molecular weight is 241 g/mol. The van der Waals surface area contributed by atoms with Gasteiger partial charge in [0, 0.05) is 30.5 Å². The second-order valence-electron chi connectivity index (χ2n) is 4.11. The molecule has 2 aromatic heterocycles. The summed E-state index contributed by atoms with van der Waals surface area (Å²) in [5.74, 6) is -0.229. The number of fused-ring (bicyclic) bond motifs is 1. The lowest BCUT2D eigenvalue weighted by Gasteiger charge is -2.18. The summed E-state index contributed by atoms with van der Waals surface area (Å²) in [6.07, 6.45) is 3.65. The van der Waals surface area contributed by atoms with Crippen LogP contribution in [0.2, 0.25) is 0 Å². The van der Waals surface area contributed by atoms with Crippen LogP contribution in [-0.2, 0) is 0 Å². The van der Waals surface area contributed by atoms with E-state index in [-0.39, 0.29) is 5.82 Å². The number of benzene rings is 1. The molecule has 4 heteroatoms. The van der Waals surface area contributed by atoms with E-state index in [1.807, 2.05) is 30.3 Å². The third-order valence-electron chi connectivity index (χ3n) is 3.00. The molecule has 0 fully saturated rings. The molecule has 90 valence electrons. The zero-order chi connectivity index (χ0) is 12.5. The van der Waals surface area contributed by atoms with Gasteiger partial charge in [-0.3, -0.25) is 0 Å². The van der Waals surface area contributed by atoms with Crippen LogP contribution in [0.1, 0.15) is 0 Å². The standard InChI is InChI=1S/C14H12FN3/c1-18(11-6-4-10(15)5-7-11)13-9-17-14-12(13)3-2-8-16-14/h2-9H,1H3,(H,16,17). The van der Waals surface area contributed by atoms with Crippen LogP contribution in [0.5, 0.6) is 0 Å². The zero-order valence-electron chi connectivity index (χ0n) is 9.89. The van der Waals surface area contributed by atoms with Crippen LogP contribution < -0.4 is 4.90 Å². The topological polar surface area (TPSA) is 31.9 Å². The number of hydrogen-bond donors (Lipinski definition) is 1. The van der Waals surface area contributed by atoms with Crippen LogP contribution in [0.15, 0.2) is 48.8 Å². The second-order valence-corrected chi connectivity index (χ2v) is 4.11. The van der Waals surface area contributed by atoms with E-state index in [0.717, 1.165) is 22.4 Å². The van der Waals surface area contributed by atoms with E-state index in [4.69, 9.17) is 0 Å². The molecule has 18 heavy (non-hydrogen) atoms. The normalized spacial score (nSPS) is 10.8.